The Kier molecular flexibility index (Phi) is 7.44. The summed E-state index contributed by atoms with van der Waals surface area (Å²) in [5, 5.41) is 11.6. The molecule has 3 aromatic rings. The van der Waals surface area contributed by atoms with Crippen LogP contribution in [-0.2, 0) is 23.4 Å². The van der Waals surface area contributed by atoms with Crippen LogP contribution in [0.3, 0.4) is 0 Å². The summed E-state index contributed by atoms with van der Waals surface area (Å²) in [5.74, 6) is 1.54. The summed E-state index contributed by atoms with van der Waals surface area (Å²) in [6.07, 6.45) is 8.85. The number of hydrogen-bond acceptors (Lipinski definition) is 5. The molecule has 36 heavy (non-hydrogen) atoms. The maximum atomic E-state index is 10.8. The van der Waals surface area contributed by atoms with Gasteiger partial charge in [0.15, 0.2) is 5.75 Å². The van der Waals surface area contributed by atoms with E-state index < -0.39 is 5.60 Å². The van der Waals surface area contributed by atoms with Gasteiger partial charge in [0, 0.05) is 48.4 Å². The maximum absolute atomic E-state index is 10.8. The van der Waals surface area contributed by atoms with Crippen molar-refractivity contribution in [3.05, 3.63) is 94.3 Å². The molecule has 188 valence electrons. The van der Waals surface area contributed by atoms with E-state index in [1.54, 1.807) is 6.20 Å². The van der Waals surface area contributed by atoms with Gasteiger partial charge in [-0.25, -0.2) is 0 Å². The number of rotatable bonds is 7. The number of ether oxygens (including phenoxy) is 2. The van der Waals surface area contributed by atoms with Gasteiger partial charge in [0.2, 0.25) is 0 Å². The van der Waals surface area contributed by atoms with Gasteiger partial charge in [-0.05, 0) is 67.7 Å². The Morgan fingerprint density at radius 1 is 1.17 bits per heavy atom. The van der Waals surface area contributed by atoms with Crippen LogP contribution in [-0.4, -0.2) is 40.7 Å². The molecule has 1 N–H and O–H groups in total. The summed E-state index contributed by atoms with van der Waals surface area (Å²) in [4.78, 5) is 6.76. The minimum absolute atomic E-state index is 0.257. The van der Waals surface area contributed by atoms with E-state index in [9.17, 15) is 5.11 Å². The average Bonchev–Trinajstić information content (AvgIpc) is 3.24. The molecule has 0 amide bonds. The second-order valence-corrected chi connectivity index (χ2v) is 10.6. The summed E-state index contributed by atoms with van der Waals surface area (Å²) in [5.41, 5.74) is 4.39. The van der Waals surface area contributed by atoms with Crippen LogP contribution in [0.5, 0.6) is 11.5 Å². The first-order valence-corrected chi connectivity index (χ1v) is 13.0. The predicted molar refractivity (Wildman–Crippen MR) is 143 cm³/mol. The standard InChI is InChI=1S/C30H33ClN2O3/c1-30(2,34)27-6-3-7-28-26(27)17-22(25-12-14-32-18-29(25)36-28)5-4-15-33-16-13-24(19-33)35-20-21-8-10-23(31)11-9-21/h3,5-12,14,18,24,34H,4,13,15-17,19-20H2,1-2H3/b22-5+. The minimum Gasteiger partial charge on any atom is -0.455 e. The highest BCUT2D eigenvalue weighted by Crippen LogP contribution is 2.42. The molecular formula is C30H33ClN2O3. The highest BCUT2D eigenvalue weighted by molar-refractivity contribution is 6.30. The van der Waals surface area contributed by atoms with Crippen molar-refractivity contribution in [1.29, 1.82) is 0 Å². The van der Waals surface area contributed by atoms with Crippen LogP contribution >= 0.6 is 11.6 Å². The summed E-state index contributed by atoms with van der Waals surface area (Å²) < 4.78 is 12.4. The van der Waals surface area contributed by atoms with Gasteiger partial charge in [0.25, 0.3) is 0 Å². The Hall–Kier alpha value is -2.70. The quantitative estimate of drug-likeness (QED) is 0.405. The highest BCUT2D eigenvalue weighted by atomic mass is 35.5. The van der Waals surface area contributed by atoms with Gasteiger partial charge in [0.1, 0.15) is 5.75 Å². The highest BCUT2D eigenvalue weighted by Gasteiger charge is 2.27. The van der Waals surface area contributed by atoms with Crippen LogP contribution < -0.4 is 4.74 Å². The number of aromatic nitrogens is 1. The van der Waals surface area contributed by atoms with E-state index in [0.29, 0.717) is 13.0 Å². The van der Waals surface area contributed by atoms with E-state index in [1.807, 2.05) is 68.6 Å². The van der Waals surface area contributed by atoms with Gasteiger partial charge in [-0.3, -0.25) is 4.98 Å². The van der Waals surface area contributed by atoms with E-state index in [0.717, 1.165) is 71.3 Å². The number of allylic oxidation sites excluding steroid dienone is 1. The number of pyridine rings is 1. The van der Waals surface area contributed by atoms with Crippen LogP contribution in [0, 0.1) is 0 Å². The van der Waals surface area contributed by atoms with Crippen molar-refractivity contribution in [2.75, 3.05) is 19.6 Å². The lowest BCUT2D eigenvalue weighted by molar-refractivity contribution is 0.0468. The molecule has 1 unspecified atom stereocenters. The molecular weight excluding hydrogens is 472 g/mol. The maximum Gasteiger partial charge on any atom is 0.153 e. The van der Waals surface area contributed by atoms with Gasteiger partial charge >= 0.3 is 0 Å². The Labute approximate surface area is 218 Å². The van der Waals surface area contributed by atoms with Gasteiger partial charge in [-0.1, -0.05) is 41.9 Å². The first kappa shape index (κ1) is 25.0. The van der Waals surface area contributed by atoms with Crippen LogP contribution in [0.15, 0.2) is 67.0 Å². The third-order valence-electron chi connectivity index (χ3n) is 6.97. The number of nitrogens with zero attached hydrogens (tertiary/aromatic N) is 2. The molecule has 1 aromatic heterocycles. The third-order valence-corrected chi connectivity index (χ3v) is 7.23. The van der Waals surface area contributed by atoms with Crippen LogP contribution in [0.4, 0.5) is 0 Å². The molecule has 0 saturated carbocycles. The lowest BCUT2D eigenvalue weighted by Crippen LogP contribution is -2.24. The number of benzene rings is 2. The minimum atomic E-state index is -0.953. The van der Waals surface area contributed by atoms with Crippen molar-refractivity contribution in [2.24, 2.45) is 0 Å². The Balaban J connectivity index is 1.25. The number of aliphatic hydroxyl groups is 1. The van der Waals surface area contributed by atoms with E-state index in [1.165, 1.54) is 5.57 Å². The molecule has 0 radical (unpaired) electrons. The Bertz CT molecular complexity index is 1230. The first-order chi connectivity index (χ1) is 17.4. The zero-order valence-corrected chi connectivity index (χ0v) is 21.7. The second kappa shape index (κ2) is 10.7. The van der Waals surface area contributed by atoms with Crippen LogP contribution in [0.25, 0.3) is 5.57 Å². The molecule has 0 bridgehead atoms. The molecule has 2 aliphatic rings. The molecule has 5 nitrogen and oxygen atoms in total. The molecule has 1 fully saturated rings. The van der Waals surface area contributed by atoms with Crippen molar-refractivity contribution in [3.63, 3.8) is 0 Å². The third kappa shape index (κ3) is 5.81. The lowest BCUT2D eigenvalue weighted by Gasteiger charge is -2.23. The summed E-state index contributed by atoms with van der Waals surface area (Å²) in [7, 11) is 0. The van der Waals surface area contributed by atoms with Crippen molar-refractivity contribution < 1.29 is 14.6 Å². The van der Waals surface area contributed by atoms with Crippen LogP contribution in [0.2, 0.25) is 5.02 Å². The summed E-state index contributed by atoms with van der Waals surface area (Å²) >= 11 is 5.98. The average molecular weight is 505 g/mol. The molecule has 1 atom stereocenters. The van der Waals surface area contributed by atoms with E-state index in [2.05, 4.69) is 16.0 Å². The fraction of sp³-hybridized carbons (Fsp3) is 0.367. The number of halogens is 1. The summed E-state index contributed by atoms with van der Waals surface area (Å²) in [6, 6.07) is 15.8. The smallest absolute Gasteiger partial charge is 0.153 e. The number of likely N-dealkylation sites (tertiary alicyclic amines) is 1. The lowest BCUT2D eigenvalue weighted by atomic mass is 9.88. The van der Waals surface area contributed by atoms with Gasteiger partial charge in [0.05, 0.1) is 24.5 Å². The molecule has 5 rings (SSSR count). The predicted octanol–water partition coefficient (Wildman–Crippen LogP) is 6.38. The number of fused-ring (bicyclic) bond motifs is 2. The van der Waals surface area contributed by atoms with Gasteiger partial charge < -0.3 is 19.5 Å². The van der Waals surface area contributed by atoms with E-state index >= 15 is 0 Å². The molecule has 6 heteroatoms. The Morgan fingerprint density at radius 2 is 2.00 bits per heavy atom. The SMILES string of the molecule is CC(C)(O)c1cccc2c1C/C(=C\CCN1CCC(OCc3ccc(Cl)cc3)C1)c1ccncc1O2. The molecule has 0 spiro atoms. The van der Waals surface area contributed by atoms with Gasteiger partial charge in [-0.15, -0.1) is 0 Å². The van der Waals surface area contributed by atoms with Crippen molar-refractivity contribution in [1.82, 2.24) is 9.88 Å². The van der Waals surface area contributed by atoms with E-state index in [4.69, 9.17) is 21.1 Å². The molecule has 1 saturated heterocycles. The molecule has 3 heterocycles. The monoisotopic (exact) mass is 504 g/mol. The largest absolute Gasteiger partial charge is 0.455 e. The fourth-order valence-corrected chi connectivity index (χ4v) is 5.21. The second-order valence-electron chi connectivity index (χ2n) is 10.2. The fourth-order valence-electron chi connectivity index (χ4n) is 5.08. The first-order valence-electron chi connectivity index (χ1n) is 12.6. The van der Waals surface area contributed by atoms with Gasteiger partial charge in [-0.2, -0.15) is 0 Å². The normalized spacial score (nSPS) is 19.0. The summed E-state index contributed by atoms with van der Waals surface area (Å²) in [6.45, 7) is 7.24. The van der Waals surface area contributed by atoms with Crippen LogP contribution in [0.1, 0.15) is 48.9 Å². The Morgan fingerprint density at radius 3 is 2.81 bits per heavy atom. The zero-order valence-electron chi connectivity index (χ0n) is 20.9. The molecule has 2 aromatic carbocycles. The topological polar surface area (TPSA) is 54.8 Å². The van der Waals surface area contributed by atoms with E-state index in [-0.39, 0.29) is 6.10 Å². The number of hydrogen-bond donors (Lipinski definition) is 1. The molecule has 0 aliphatic carbocycles. The molecule has 2 aliphatic heterocycles. The van der Waals surface area contributed by atoms with Crippen molar-refractivity contribution >= 4 is 17.2 Å². The van der Waals surface area contributed by atoms with Crippen molar-refractivity contribution in [2.45, 2.75) is 51.4 Å². The van der Waals surface area contributed by atoms with Crippen molar-refractivity contribution in [3.8, 4) is 11.5 Å². The zero-order chi connectivity index (χ0) is 25.1.